The van der Waals surface area contributed by atoms with Gasteiger partial charge >= 0.3 is 0 Å². The molecule has 0 saturated carbocycles. The molecule has 0 radical (unpaired) electrons. The van der Waals surface area contributed by atoms with Crippen LogP contribution in [0, 0.1) is 0 Å². The summed E-state index contributed by atoms with van der Waals surface area (Å²) in [5, 5.41) is 7.42. The summed E-state index contributed by atoms with van der Waals surface area (Å²) in [4.78, 5) is 0. The molecule has 0 fully saturated rings. The fraction of sp³-hybridized carbons (Fsp3) is 0.167. The van der Waals surface area contributed by atoms with Gasteiger partial charge < -0.3 is 5.32 Å². The van der Waals surface area contributed by atoms with E-state index in [1.54, 1.807) is 11.3 Å². The first-order valence-corrected chi connectivity index (χ1v) is 5.60. The van der Waals surface area contributed by atoms with Gasteiger partial charge in [0.15, 0.2) is 0 Å². The second-order valence-corrected chi connectivity index (χ2v) is 4.02. The van der Waals surface area contributed by atoms with E-state index in [1.807, 2.05) is 7.05 Å². The quantitative estimate of drug-likeness (QED) is 0.808. The molecule has 0 aliphatic rings. The lowest BCUT2D eigenvalue weighted by molar-refractivity contribution is 0.818. The number of hydrogen-bond donors (Lipinski definition) is 1. The molecule has 1 aromatic heterocycles. The highest BCUT2D eigenvalue weighted by Gasteiger charge is 1.97. The molecule has 1 nitrogen and oxygen atoms in total. The average molecular weight is 203 g/mol. The summed E-state index contributed by atoms with van der Waals surface area (Å²) in [6, 6.07) is 10.8. The number of nitrogens with one attached hydrogen (secondary N) is 1. The van der Waals surface area contributed by atoms with Crippen LogP contribution in [0.4, 0.5) is 0 Å². The molecule has 1 N–H and O–H groups in total. The Morgan fingerprint density at radius 2 is 1.86 bits per heavy atom. The third-order valence-corrected chi connectivity index (χ3v) is 2.87. The van der Waals surface area contributed by atoms with Crippen molar-refractivity contribution in [2.24, 2.45) is 0 Å². The molecule has 2 heteroatoms. The molecule has 0 bridgehead atoms. The number of hydrogen-bond acceptors (Lipinski definition) is 2. The van der Waals surface area contributed by atoms with Crippen LogP contribution in [-0.2, 0) is 6.54 Å². The van der Waals surface area contributed by atoms with E-state index in [0.717, 1.165) is 6.54 Å². The summed E-state index contributed by atoms with van der Waals surface area (Å²) in [5.41, 5.74) is 3.93. The molecule has 0 saturated heterocycles. The maximum Gasteiger partial charge on any atom is 0.0202 e. The lowest BCUT2D eigenvalue weighted by atomic mass is 10.1. The summed E-state index contributed by atoms with van der Waals surface area (Å²) in [7, 11) is 1.97. The van der Waals surface area contributed by atoms with Gasteiger partial charge in [0.25, 0.3) is 0 Å². The largest absolute Gasteiger partial charge is 0.316 e. The number of benzene rings is 1. The SMILES string of the molecule is CNCc1ccc(-c2ccsc2)cc1. The van der Waals surface area contributed by atoms with E-state index in [4.69, 9.17) is 0 Å². The van der Waals surface area contributed by atoms with Crippen LogP contribution in [0.3, 0.4) is 0 Å². The first-order valence-electron chi connectivity index (χ1n) is 4.66. The van der Waals surface area contributed by atoms with Gasteiger partial charge in [-0.05, 0) is 40.6 Å². The van der Waals surface area contributed by atoms with Crippen LogP contribution in [0.15, 0.2) is 41.1 Å². The van der Waals surface area contributed by atoms with Crippen molar-refractivity contribution in [1.29, 1.82) is 0 Å². The van der Waals surface area contributed by atoms with Gasteiger partial charge in [0.2, 0.25) is 0 Å². The molecule has 1 heterocycles. The minimum absolute atomic E-state index is 0.934. The van der Waals surface area contributed by atoms with Gasteiger partial charge in [0.1, 0.15) is 0 Å². The lowest BCUT2D eigenvalue weighted by Gasteiger charge is -2.01. The zero-order chi connectivity index (χ0) is 9.80. The second kappa shape index (κ2) is 4.40. The average Bonchev–Trinajstić information content (AvgIpc) is 2.72. The van der Waals surface area contributed by atoms with E-state index in [9.17, 15) is 0 Å². The topological polar surface area (TPSA) is 12.0 Å². The van der Waals surface area contributed by atoms with Crippen molar-refractivity contribution < 1.29 is 0 Å². The Bertz CT molecular complexity index is 375. The molecule has 1 aromatic carbocycles. The van der Waals surface area contributed by atoms with Gasteiger partial charge in [-0.3, -0.25) is 0 Å². The van der Waals surface area contributed by atoms with Crippen LogP contribution in [0.2, 0.25) is 0 Å². The summed E-state index contributed by atoms with van der Waals surface area (Å²) in [6.07, 6.45) is 0. The van der Waals surface area contributed by atoms with Gasteiger partial charge in [0.05, 0.1) is 0 Å². The second-order valence-electron chi connectivity index (χ2n) is 3.24. The molecule has 0 aliphatic carbocycles. The summed E-state index contributed by atoms with van der Waals surface area (Å²) in [6.45, 7) is 0.934. The predicted octanol–water partition coefficient (Wildman–Crippen LogP) is 3.13. The first-order chi connectivity index (χ1) is 6.90. The predicted molar refractivity (Wildman–Crippen MR) is 62.5 cm³/mol. The Kier molecular flexibility index (Phi) is 2.96. The van der Waals surface area contributed by atoms with Gasteiger partial charge in [-0.15, -0.1) is 0 Å². The molecule has 2 aromatic rings. The minimum atomic E-state index is 0.934. The Hall–Kier alpha value is -1.12. The van der Waals surface area contributed by atoms with Crippen molar-refractivity contribution in [3.05, 3.63) is 46.7 Å². The van der Waals surface area contributed by atoms with Gasteiger partial charge in [-0.2, -0.15) is 11.3 Å². The molecule has 14 heavy (non-hydrogen) atoms. The summed E-state index contributed by atoms with van der Waals surface area (Å²) in [5.74, 6) is 0. The Balaban J connectivity index is 2.22. The Labute approximate surface area is 88.4 Å². The molecule has 2 rings (SSSR count). The Morgan fingerprint density at radius 3 is 2.43 bits per heavy atom. The van der Waals surface area contributed by atoms with Crippen LogP contribution >= 0.6 is 11.3 Å². The van der Waals surface area contributed by atoms with Crippen molar-refractivity contribution in [3.63, 3.8) is 0 Å². The van der Waals surface area contributed by atoms with Crippen LogP contribution in [0.25, 0.3) is 11.1 Å². The van der Waals surface area contributed by atoms with Crippen LogP contribution in [-0.4, -0.2) is 7.05 Å². The van der Waals surface area contributed by atoms with Gasteiger partial charge in [-0.25, -0.2) is 0 Å². The molecular formula is C12H13NS. The minimum Gasteiger partial charge on any atom is -0.316 e. The highest BCUT2D eigenvalue weighted by Crippen LogP contribution is 2.22. The molecule has 72 valence electrons. The third kappa shape index (κ3) is 2.03. The van der Waals surface area contributed by atoms with Crippen molar-refractivity contribution in [2.75, 3.05) is 7.05 Å². The standard InChI is InChI=1S/C12H13NS/c1-13-8-10-2-4-11(5-3-10)12-6-7-14-9-12/h2-7,9,13H,8H2,1H3. The normalized spacial score (nSPS) is 10.4. The summed E-state index contributed by atoms with van der Waals surface area (Å²) < 4.78 is 0. The van der Waals surface area contributed by atoms with Gasteiger partial charge in [0, 0.05) is 6.54 Å². The van der Waals surface area contributed by atoms with Crippen molar-refractivity contribution >= 4 is 11.3 Å². The van der Waals surface area contributed by atoms with Crippen LogP contribution in [0.1, 0.15) is 5.56 Å². The molecular weight excluding hydrogens is 190 g/mol. The zero-order valence-electron chi connectivity index (χ0n) is 8.16. The van der Waals surface area contributed by atoms with Crippen molar-refractivity contribution in [2.45, 2.75) is 6.54 Å². The van der Waals surface area contributed by atoms with Gasteiger partial charge in [-0.1, -0.05) is 24.3 Å². The first kappa shape index (κ1) is 9.44. The zero-order valence-corrected chi connectivity index (χ0v) is 8.97. The molecule has 0 aliphatic heterocycles. The van der Waals surface area contributed by atoms with Crippen molar-refractivity contribution in [3.8, 4) is 11.1 Å². The molecule has 0 amide bonds. The number of thiophene rings is 1. The maximum absolute atomic E-state index is 3.14. The van der Waals surface area contributed by atoms with E-state index in [2.05, 4.69) is 46.4 Å². The monoisotopic (exact) mass is 203 g/mol. The van der Waals surface area contributed by atoms with Crippen LogP contribution < -0.4 is 5.32 Å². The molecule has 0 unspecified atom stereocenters. The van der Waals surface area contributed by atoms with Crippen LogP contribution in [0.5, 0.6) is 0 Å². The fourth-order valence-electron chi connectivity index (χ4n) is 1.45. The molecule has 0 atom stereocenters. The van der Waals surface area contributed by atoms with E-state index < -0.39 is 0 Å². The smallest absolute Gasteiger partial charge is 0.0202 e. The fourth-order valence-corrected chi connectivity index (χ4v) is 2.11. The summed E-state index contributed by atoms with van der Waals surface area (Å²) >= 11 is 1.74. The lowest BCUT2D eigenvalue weighted by Crippen LogP contribution is -2.04. The van der Waals surface area contributed by atoms with E-state index in [0.29, 0.717) is 0 Å². The maximum atomic E-state index is 3.14. The Morgan fingerprint density at radius 1 is 1.07 bits per heavy atom. The third-order valence-electron chi connectivity index (χ3n) is 2.19. The van der Waals surface area contributed by atoms with E-state index in [1.165, 1.54) is 16.7 Å². The van der Waals surface area contributed by atoms with E-state index in [-0.39, 0.29) is 0 Å². The highest BCUT2D eigenvalue weighted by atomic mass is 32.1. The highest BCUT2D eigenvalue weighted by molar-refractivity contribution is 7.08. The van der Waals surface area contributed by atoms with E-state index >= 15 is 0 Å². The van der Waals surface area contributed by atoms with Crippen molar-refractivity contribution in [1.82, 2.24) is 5.32 Å². The number of rotatable bonds is 3. The molecule has 0 spiro atoms.